The molecular formula is C12H26N2O. The largest absolute Gasteiger partial charge is 0.396 e. The van der Waals surface area contributed by atoms with Gasteiger partial charge in [0, 0.05) is 18.7 Å². The Morgan fingerprint density at radius 2 is 2.13 bits per heavy atom. The maximum absolute atomic E-state index is 8.78. The lowest BCUT2D eigenvalue weighted by molar-refractivity contribution is 0.143. The van der Waals surface area contributed by atoms with E-state index < -0.39 is 0 Å². The fourth-order valence-electron chi connectivity index (χ4n) is 2.56. The Morgan fingerprint density at radius 1 is 1.40 bits per heavy atom. The second kappa shape index (κ2) is 5.83. The average Bonchev–Trinajstić information content (AvgIpc) is 2.24. The smallest absolute Gasteiger partial charge is 0.0443 e. The van der Waals surface area contributed by atoms with Gasteiger partial charge in [-0.25, -0.2) is 0 Å². The van der Waals surface area contributed by atoms with Crippen molar-refractivity contribution in [2.45, 2.75) is 45.1 Å². The van der Waals surface area contributed by atoms with Crippen LogP contribution in [0.5, 0.6) is 0 Å². The molecule has 0 saturated heterocycles. The molecule has 0 heterocycles. The summed E-state index contributed by atoms with van der Waals surface area (Å²) >= 11 is 0. The average molecular weight is 214 g/mol. The van der Waals surface area contributed by atoms with Gasteiger partial charge in [0.1, 0.15) is 0 Å². The standard InChI is InChI=1S/C12H26N2O/c1-10-4-5-12(9-13,8-11(10)2)14-6-3-7-15/h10-11,14-15H,3-9,13H2,1-2H3. The molecule has 0 spiro atoms. The first-order chi connectivity index (χ1) is 7.13. The molecule has 3 atom stereocenters. The third-order valence-electron chi connectivity index (χ3n) is 3.99. The van der Waals surface area contributed by atoms with Gasteiger partial charge in [0.15, 0.2) is 0 Å². The third kappa shape index (κ3) is 3.44. The monoisotopic (exact) mass is 214 g/mol. The Labute approximate surface area is 93.4 Å². The van der Waals surface area contributed by atoms with E-state index in [0.29, 0.717) is 0 Å². The van der Waals surface area contributed by atoms with Crippen molar-refractivity contribution < 1.29 is 5.11 Å². The van der Waals surface area contributed by atoms with E-state index in [1.807, 2.05) is 0 Å². The summed E-state index contributed by atoms with van der Waals surface area (Å²) in [6.07, 6.45) is 4.45. The summed E-state index contributed by atoms with van der Waals surface area (Å²) in [5.41, 5.74) is 6.04. The summed E-state index contributed by atoms with van der Waals surface area (Å²) < 4.78 is 0. The Morgan fingerprint density at radius 3 is 2.67 bits per heavy atom. The molecule has 90 valence electrons. The molecule has 0 aromatic carbocycles. The first-order valence-electron chi connectivity index (χ1n) is 6.19. The minimum atomic E-state index is 0.140. The van der Waals surface area contributed by atoms with Gasteiger partial charge in [-0.1, -0.05) is 13.8 Å². The lowest BCUT2D eigenvalue weighted by Crippen LogP contribution is -2.55. The number of nitrogens with one attached hydrogen (secondary N) is 1. The molecule has 0 bridgehead atoms. The van der Waals surface area contributed by atoms with Crippen molar-refractivity contribution in [2.24, 2.45) is 17.6 Å². The molecule has 3 heteroatoms. The van der Waals surface area contributed by atoms with Crippen LogP contribution >= 0.6 is 0 Å². The molecule has 4 N–H and O–H groups in total. The fourth-order valence-corrected chi connectivity index (χ4v) is 2.56. The molecule has 1 aliphatic rings. The molecule has 1 rings (SSSR count). The van der Waals surface area contributed by atoms with E-state index in [0.717, 1.165) is 31.3 Å². The van der Waals surface area contributed by atoms with E-state index in [1.165, 1.54) is 19.3 Å². The van der Waals surface area contributed by atoms with Crippen molar-refractivity contribution in [3.63, 3.8) is 0 Å². The van der Waals surface area contributed by atoms with Crippen LogP contribution in [0.15, 0.2) is 0 Å². The van der Waals surface area contributed by atoms with Gasteiger partial charge in [0.2, 0.25) is 0 Å². The Hall–Kier alpha value is -0.120. The molecule has 3 unspecified atom stereocenters. The Bertz CT molecular complexity index is 186. The van der Waals surface area contributed by atoms with E-state index in [9.17, 15) is 0 Å². The van der Waals surface area contributed by atoms with Crippen LogP contribution < -0.4 is 11.1 Å². The van der Waals surface area contributed by atoms with E-state index in [1.54, 1.807) is 0 Å². The van der Waals surface area contributed by atoms with E-state index in [-0.39, 0.29) is 12.1 Å². The summed E-state index contributed by atoms with van der Waals surface area (Å²) in [6, 6.07) is 0. The first kappa shape index (κ1) is 12.9. The Balaban J connectivity index is 2.45. The van der Waals surface area contributed by atoms with Crippen molar-refractivity contribution in [1.29, 1.82) is 0 Å². The molecular weight excluding hydrogens is 188 g/mol. The zero-order valence-corrected chi connectivity index (χ0v) is 10.1. The second-order valence-electron chi connectivity index (χ2n) is 5.19. The molecule has 1 aliphatic carbocycles. The molecule has 3 nitrogen and oxygen atoms in total. The molecule has 0 aromatic rings. The number of aliphatic hydroxyl groups excluding tert-OH is 1. The van der Waals surface area contributed by atoms with Gasteiger partial charge in [-0.3, -0.25) is 0 Å². The SMILES string of the molecule is CC1CCC(CN)(NCCCO)CC1C. The predicted octanol–water partition coefficient (Wildman–Crippen LogP) is 1.11. The summed E-state index contributed by atoms with van der Waals surface area (Å²) in [5.74, 6) is 1.58. The van der Waals surface area contributed by atoms with Crippen LogP contribution in [0.4, 0.5) is 0 Å². The summed E-state index contributed by atoms with van der Waals surface area (Å²) in [4.78, 5) is 0. The molecule has 15 heavy (non-hydrogen) atoms. The highest BCUT2D eigenvalue weighted by molar-refractivity contribution is 4.95. The van der Waals surface area contributed by atoms with Gasteiger partial charge in [-0.05, 0) is 44.1 Å². The van der Waals surface area contributed by atoms with Gasteiger partial charge >= 0.3 is 0 Å². The first-order valence-corrected chi connectivity index (χ1v) is 6.19. The topological polar surface area (TPSA) is 58.3 Å². The predicted molar refractivity (Wildman–Crippen MR) is 63.7 cm³/mol. The van der Waals surface area contributed by atoms with Gasteiger partial charge in [0.25, 0.3) is 0 Å². The van der Waals surface area contributed by atoms with E-state index >= 15 is 0 Å². The molecule has 1 saturated carbocycles. The zero-order valence-electron chi connectivity index (χ0n) is 10.1. The number of hydrogen-bond donors (Lipinski definition) is 3. The number of aliphatic hydroxyl groups is 1. The van der Waals surface area contributed by atoms with Crippen molar-refractivity contribution in [3.8, 4) is 0 Å². The highest BCUT2D eigenvalue weighted by Gasteiger charge is 2.35. The number of hydrogen-bond acceptors (Lipinski definition) is 3. The van der Waals surface area contributed by atoms with E-state index in [2.05, 4.69) is 19.2 Å². The summed E-state index contributed by atoms with van der Waals surface area (Å²) in [5, 5.41) is 12.3. The lowest BCUT2D eigenvalue weighted by atomic mass is 9.71. The van der Waals surface area contributed by atoms with Crippen molar-refractivity contribution in [2.75, 3.05) is 19.7 Å². The third-order valence-corrected chi connectivity index (χ3v) is 3.99. The van der Waals surface area contributed by atoms with Crippen LogP contribution in [0.2, 0.25) is 0 Å². The summed E-state index contributed by atoms with van der Waals surface area (Å²) in [7, 11) is 0. The highest BCUT2D eigenvalue weighted by atomic mass is 16.3. The lowest BCUT2D eigenvalue weighted by Gasteiger charge is -2.43. The minimum Gasteiger partial charge on any atom is -0.396 e. The molecule has 0 radical (unpaired) electrons. The van der Waals surface area contributed by atoms with Crippen LogP contribution in [0, 0.1) is 11.8 Å². The Kier molecular flexibility index (Phi) is 5.03. The number of nitrogens with two attached hydrogens (primary N) is 1. The fraction of sp³-hybridized carbons (Fsp3) is 1.00. The minimum absolute atomic E-state index is 0.140. The maximum atomic E-state index is 8.78. The molecule has 1 fully saturated rings. The van der Waals surface area contributed by atoms with Gasteiger partial charge < -0.3 is 16.2 Å². The molecule has 0 aliphatic heterocycles. The van der Waals surface area contributed by atoms with Crippen LogP contribution in [0.25, 0.3) is 0 Å². The van der Waals surface area contributed by atoms with Crippen molar-refractivity contribution >= 4 is 0 Å². The van der Waals surface area contributed by atoms with Gasteiger partial charge in [-0.15, -0.1) is 0 Å². The zero-order chi connectivity index (χ0) is 11.3. The van der Waals surface area contributed by atoms with Crippen LogP contribution in [-0.4, -0.2) is 30.3 Å². The maximum Gasteiger partial charge on any atom is 0.0443 e. The molecule has 0 aromatic heterocycles. The van der Waals surface area contributed by atoms with Gasteiger partial charge in [-0.2, -0.15) is 0 Å². The normalized spacial score (nSPS) is 36.8. The highest BCUT2D eigenvalue weighted by Crippen LogP contribution is 2.35. The summed E-state index contributed by atoms with van der Waals surface area (Å²) in [6.45, 7) is 6.52. The van der Waals surface area contributed by atoms with Crippen molar-refractivity contribution in [1.82, 2.24) is 5.32 Å². The van der Waals surface area contributed by atoms with Crippen molar-refractivity contribution in [3.05, 3.63) is 0 Å². The van der Waals surface area contributed by atoms with Gasteiger partial charge in [0.05, 0.1) is 0 Å². The van der Waals surface area contributed by atoms with Crippen LogP contribution in [-0.2, 0) is 0 Å². The number of rotatable bonds is 5. The second-order valence-corrected chi connectivity index (χ2v) is 5.19. The van der Waals surface area contributed by atoms with E-state index in [4.69, 9.17) is 10.8 Å². The van der Waals surface area contributed by atoms with Crippen LogP contribution in [0.3, 0.4) is 0 Å². The molecule has 0 amide bonds. The quantitative estimate of drug-likeness (QED) is 0.601. The van der Waals surface area contributed by atoms with Crippen LogP contribution in [0.1, 0.15) is 39.5 Å².